The Morgan fingerprint density at radius 2 is 1.90 bits per heavy atom. The molecule has 0 saturated heterocycles. The largest absolute Gasteiger partial charge is 0.693 e. The van der Waals surface area contributed by atoms with Crippen molar-refractivity contribution in [2.75, 3.05) is 6.16 Å². The van der Waals surface area contributed by atoms with Gasteiger partial charge in [-0.15, -0.1) is 0 Å². The monoisotopic (exact) mass is 255 g/mol. The number of carbonyl (C=O) groups is 1. The van der Waals surface area contributed by atoms with Gasteiger partial charge in [-0.3, -0.25) is 0 Å². The number of unbranched alkanes of at least 4 members (excludes halogenated alkanes) is 2. The minimum atomic E-state index is 0. The van der Waals surface area contributed by atoms with Gasteiger partial charge in [-0.05, 0) is 6.42 Å². The third-order valence-electron chi connectivity index (χ3n) is 0.655. The van der Waals surface area contributed by atoms with Gasteiger partial charge in [0.1, 0.15) is 6.29 Å². The van der Waals surface area contributed by atoms with Crippen LogP contribution >= 0.6 is 9.24 Å². The van der Waals surface area contributed by atoms with Gasteiger partial charge in [0.25, 0.3) is 0 Å². The zero-order valence-corrected chi connectivity index (χ0v) is 8.44. The van der Waals surface area contributed by atoms with E-state index in [9.17, 15) is 4.79 Å². The van der Waals surface area contributed by atoms with Crippen LogP contribution in [0.1, 0.15) is 12.8 Å². The van der Waals surface area contributed by atoms with E-state index in [1.807, 2.05) is 0 Å². The molecule has 1 unspecified atom stereocenters. The molecule has 68 valence electrons. The van der Waals surface area contributed by atoms with Crippen molar-refractivity contribution in [3.05, 3.63) is 18.7 Å². The molecule has 0 amide bonds. The summed E-state index contributed by atoms with van der Waals surface area (Å²) in [6, 6.07) is 0. The van der Waals surface area contributed by atoms with Crippen LogP contribution in [0.4, 0.5) is 0 Å². The van der Waals surface area contributed by atoms with Gasteiger partial charge < -0.3 is 23.5 Å². The van der Waals surface area contributed by atoms with Crippen molar-refractivity contribution in [2.24, 2.45) is 0 Å². The van der Waals surface area contributed by atoms with Gasteiger partial charge in [0.15, 0.2) is 0 Å². The van der Waals surface area contributed by atoms with E-state index in [-0.39, 0.29) is 32.7 Å². The fraction of sp³-hybridized carbons (Fsp3) is 0.600. The molecule has 0 aromatic heterocycles. The van der Waals surface area contributed by atoms with E-state index in [1.54, 1.807) is 0 Å². The van der Waals surface area contributed by atoms with Gasteiger partial charge in [-0.25, -0.2) is 0 Å². The van der Waals surface area contributed by atoms with Gasteiger partial charge in [0, 0.05) is 20.4 Å². The Bertz CT molecular complexity index is 56.9. The SMILES string of the molecule is O=CCC[CH-]CP.[NH2-].[NH2-].[Pd]. The smallest absolute Gasteiger partial charge is 0.117 e. The Hall–Kier alpha value is 0.682. The van der Waals surface area contributed by atoms with Crippen molar-refractivity contribution in [1.82, 2.24) is 0 Å². The summed E-state index contributed by atoms with van der Waals surface area (Å²) in [6.07, 6.45) is 5.60. The van der Waals surface area contributed by atoms with E-state index in [2.05, 4.69) is 15.7 Å². The third-order valence-corrected chi connectivity index (χ3v) is 0.989. The summed E-state index contributed by atoms with van der Waals surface area (Å²) in [5.41, 5.74) is 0. The molecule has 0 aliphatic carbocycles. The van der Waals surface area contributed by atoms with Gasteiger partial charge >= 0.3 is 0 Å². The molecule has 0 rings (SSSR count). The zero-order valence-electron chi connectivity index (χ0n) is 5.73. The molecule has 0 radical (unpaired) electrons. The number of hydrogen-bond donors (Lipinski definition) is 0. The first kappa shape index (κ1) is 22.4. The van der Waals surface area contributed by atoms with Crippen LogP contribution < -0.4 is 0 Å². The molecular formula is C5H14N2OPPd-3. The maximum Gasteiger partial charge on any atom is 0.117 e. The predicted molar refractivity (Wildman–Crippen MR) is 44.7 cm³/mol. The second-order valence-electron chi connectivity index (χ2n) is 1.27. The predicted octanol–water partition coefficient (Wildman–Crippen LogP) is 2.48. The summed E-state index contributed by atoms with van der Waals surface area (Å²) >= 11 is 0. The second kappa shape index (κ2) is 22.6. The summed E-state index contributed by atoms with van der Waals surface area (Å²) in [4.78, 5) is 9.65. The Labute approximate surface area is 78.7 Å². The van der Waals surface area contributed by atoms with Crippen LogP contribution in [0.25, 0.3) is 12.3 Å². The number of aldehydes is 1. The third kappa shape index (κ3) is 23.4. The van der Waals surface area contributed by atoms with Crippen LogP contribution in [0.2, 0.25) is 0 Å². The molecule has 0 aliphatic heterocycles. The van der Waals surface area contributed by atoms with Gasteiger partial charge in [0.2, 0.25) is 0 Å². The van der Waals surface area contributed by atoms with E-state index < -0.39 is 0 Å². The van der Waals surface area contributed by atoms with Gasteiger partial charge in [-0.1, -0.05) is 0 Å². The number of carbonyl (C=O) groups excluding carboxylic acids is 1. The number of hydrogen-bond acceptors (Lipinski definition) is 1. The normalized spacial score (nSPS) is 6.10. The van der Waals surface area contributed by atoms with Crippen LogP contribution in [-0.2, 0) is 25.2 Å². The van der Waals surface area contributed by atoms with Crippen LogP contribution in [-0.4, -0.2) is 12.4 Å². The zero-order chi connectivity index (χ0) is 5.54. The fourth-order valence-electron chi connectivity index (χ4n) is 0.304. The summed E-state index contributed by atoms with van der Waals surface area (Å²) in [5.74, 6) is 0. The second-order valence-corrected chi connectivity index (χ2v) is 1.74. The molecule has 0 aromatic carbocycles. The van der Waals surface area contributed by atoms with Crippen molar-refractivity contribution >= 4 is 15.5 Å². The van der Waals surface area contributed by atoms with Crippen molar-refractivity contribution in [2.45, 2.75) is 12.8 Å². The van der Waals surface area contributed by atoms with Crippen molar-refractivity contribution in [1.29, 1.82) is 0 Å². The molecule has 0 aliphatic rings. The summed E-state index contributed by atoms with van der Waals surface area (Å²) < 4.78 is 0. The Morgan fingerprint density at radius 1 is 1.40 bits per heavy atom. The molecular weight excluding hydrogens is 241 g/mol. The standard InChI is InChI=1S/C5H10OP.2H2N.Pd/c6-4-2-1-3-5-7;;;/h3-4H,1-2,5,7H2;2*1H2;/q3*-1;. The molecule has 0 spiro atoms. The van der Waals surface area contributed by atoms with Crippen molar-refractivity contribution in [3.8, 4) is 0 Å². The van der Waals surface area contributed by atoms with E-state index in [0.29, 0.717) is 6.42 Å². The summed E-state index contributed by atoms with van der Waals surface area (Å²) in [5, 5.41) is 0. The molecule has 3 nitrogen and oxygen atoms in total. The molecule has 5 heteroatoms. The average molecular weight is 256 g/mol. The Morgan fingerprint density at radius 3 is 2.20 bits per heavy atom. The van der Waals surface area contributed by atoms with Gasteiger partial charge in [-0.2, -0.15) is 21.8 Å². The van der Waals surface area contributed by atoms with Gasteiger partial charge in [0.05, 0.1) is 0 Å². The molecule has 0 aromatic rings. The van der Waals surface area contributed by atoms with Crippen LogP contribution in [0.5, 0.6) is 0 Å². The molecule has 10 heavy (non-hydrogen) atoms. The van der Waals surface area contributed by atoms with E-state index >= 15 is 0 Å². The Balaban J connectivity index is -0.0000000600. The molecule has 1 atom stereocenters. The number of rotatable bonds is 4. The maximum absolute atomic E-state index is 9.65. The molecule has 0 fully saturated rings. The maximum atomic E-state index is 9.65. The van der Waals surface area contributed by atoms with Crippen LogP contribution in [0, 0.1) is 6.42 Å². The minimum Gasteiger partial charge on any atom is -0.693 e. The topological polar surface area (TPSA) is 84.1 Å². The van der Waals surface area contributed by atoms with Crippen LogP contribution in [0.3, 0.4) is 0 Å². The molecule has 4 N–H and O–H groups in total. The van der Waals surface area contributed by atoms with E-state index in [4.69, 9.17) is 0 Å². The Kier molecular flexibility index (Phi) is 50.7. The average Bonchev–Trinajstić information content (AvgIpc) is 1.69. The van der Waals surface area contributed by atoms with Crippen LogP contribution in [0.15, 0.2) is 0 Å². The quantitative estimate of drug-likeness (QED) is 0.250. The first-order valence-electron chi connectivity index (χ1n) is 2.37. The fourth-order valence-corrected chi connectivity index (χ4v) is 0.539. The minimum absolute atomic E-state index is 0. The first-order valence-corrected chi connectivity index (χ1v) is 3.19. The molecule has 0 saturated carbocycles. The summed E-state index contributed by atoms with van der Waals surface area (Å²) in [6.45, 7) is 0. The molecule has 0 heterocycles. The first-order chi connectivity index (χ1) is 3.41. The van der Waals surface area contributed by atoms with E-state index in [0.717, 1.165) is 18.9 Å². The molecule has 0 bridgehead atoms. The summed E-state index contributed by atoms with van der Waals surface area (Å²) in [7, 11) is 2.58. The van der Waals surface area contributed by atoms with E-state index in [1.165, 1.54) is 0 Å². The van der Waals surface area contributed by atoms with Crippen molar-refractivity contribution in [3.63, 3.8) is 0 Å². The van der Waals surface area contributed by atoms with Crippen molar-refractivity contribution < 1.29 is 25.2 Å². The number of nitrogens with two attached hydrogens (primary N) is 2.